The minimum atomic E-state index is -1.01. The smallest absolute Gasteiger partial charge is 0.326 e. The van der Waals surface area contributed by atoms with Crippen LogP contribution in [-0.2, 0) is 14.3 Å². The van der Waals surface area contributed by atoms with E-state index in [9.17, 15) is 14.7 Å². The van der Waals surface area contributed by atoms with E-state index < -0.39 is 18.0 Å². The summed E-state index contributed by atoms with van der Waals surface area (Å²) in [6, 6.07) is 4.79. The lowest BCUT2D eigenvalue weighted by atomic mass is 10.1. The highest BCUT2D eigenvalue weighted by Gasteiger charge is 2.28. The molecule has 0 amide bonds. The van der Waals surface area contributed by atoms with Gasteiger partial charge in [-0.3, -0.25) is 4.79 Å². The first kappa shape index (κ1) is 18.1. The van der Waals surface area contributed by atoms with Crippen molar-refractivity contribution < 1.29 is 19.4 Å². The van der Waals surface area contributed by atoms with Crippen molar-refractivity contribution in [3.8, 4) is 0 Å². The number of rotatable bonds is 6. The highest BCUT2D eigenvalue weighted by molar-refractivity contribution is 7.80. The molecule has 0 aliphatic rings. The van der Waals surface area contributed by atoms with Crippen molar-refractivity contribution in [1.82, 2.24) is 0 Å². The molecule has 5 nitrogen and oxygen atoms in total. The van der Waals surface area contributed by atoms with Crippen LogP contribution in [0.1, 0.15) is 31.4 Å². The molecule has 0 bridgehead atoms. The minimum Gasteiger partial charge on any atom is -0.480 e. The van der Waals surface area contributed by atoms with Gasteiger partial charge in [0.05, 0.1) is 18.0 Å². The molecule has 1 aromatic carbocycles. The standard InChI is InChI=1S/C16H21NO4S/c1-5-21-14(18)9-13(22)17(12(4)16(19)20)15-10(2)7-6-8-11(15)3/h6-8,12H,5,9H2,1-4H3,(H,19,20). The van der Waals surface area contributed by atoms with Crippen LogP contribution in [0.5, 0.6) is 0 Å². The monoisotopic (exact) mass is 323 g/mol. The van der Waals surface area contributed by atoms with Gasteiger partial charge < -0.3 is 14.7 Å². The van der Waals surface area contributed by atoms with Crippen LogP contribution >= 0.6 is 12.2 Å². The molecule has 0 fully saturated rings. The summed E-state index contributed by atoms with van der Waals surface area (Å²) in [5.41, 5.74) is 2.53. The number of carboxylic acids is 1. The summed E-state index contributed by atoms with van der Waals surface area (Å²) in [6.07, 6.45) is -0.117. The Balaban J connectivity index is 3.22. The van der Waals surface area contributed by atoms with Crippen LogP contribution in [-0.4, -0.2) is 34.7 Å². The van der Waals surface area contributed by atoms with Crippen molar-refractivity contribution >= 4 is 34.8 Å². The number of thiocarbonyl (C=S) groups is 1. The molecule has 0 heterocycles. The van der Waals surface area contributed by atoms with Crippen LogP contribution in [0.2, 0.25) is 0 Å². The maximum Gasteiger partial charge on any atom is 0.326 e. The number of nitrogens with zero attached hydrogens (tertiary/aromatic N) is 1. The Bertz CT molecular complexity index is 565. The highest BCUT2D eigenvalue weighted by atomic mass is 32.1. The maximum atomic E-state index is 11.7. The van der Waals surface area contributed by atoms with E-state index in [0.29, 0.717) is 0 Å². The number of hydrogen-bond donors (Lipinski definition) is 1. The topological polar surface area (TPSA) is 66.8 Å². The van der Waals surface area contributed by atoms with Gasteiger partial charge in [0.1, 0.15) is 6.04 Å². The summed E-state index contributed by atoms with van der Waals surface area (Å²) in [5.74, 6) is -1.46. The first-order chi connectivity index (χ1) is 10.3. The van der Waals surface area contributed by atoms with Crippen molar-refractivity contribution in [3.63, 3.8) is 0 Å². The number of carboxylic acid groups (broad SMARTS) is 1. The van der Waals surface area contributed by atoms with E-state index >= 15 is 0 Å². The van der Waals surface area contributed by atoms with Crippen molar-refractivity contribution in [2.45, 2.75) is 40.2 Å². The Morgan fingerprint density at radius 2 is 1.86 bits per heavy atom. The third-order valence-corrected chi connectivity index (χ3v) is 3.64. The lowest BCUT2D eigenvalue weighted by Crippen LogP contribution is -2.44. The summed E-state index contributed by atoms with van der Waals surface area (Å²) >= 11 is 5.32. The number of aliphatic carboxylic acids is 1. The summed E-state index contributed by atoms with van der Waals surface area (Å²) in [5, 5.41) is 9.36. The van der Waals surface area contributed by atoms with E-state index in [0.717, 1.165) is 16.8 Å². The molecule has 120 valence electrons. The maximum absolute atomic E-state index is 11.7. The van der Waals surface area contributed by atoms with Gasteiger partial charge in [0.25, 0.3) is 0 Å². The van der Waals surface area contributed by atoms with Crippen molar-refractivity contribution in [3.05, 3.63) is 29.3 Å². The lowest BCUT2D eigenvalue weighted by Gasteiger charge is -2.31. The molecule has 0 spiro atoms. The zero-order chi connectivity index (χ0) is 16.9. The number of aryl methyl sites for hydroxylation is 2. The van der Waals surface area contributed by atoms with E-state index in [4.69, 9.17) is 17.0 Å². The Morgan fingerprint density at radius 3 is 2.32 bits per heavy atom. The van der Waals surface area contributed by atoms with Crippen LogP contribution in [0.4, 0.5) is 5.69 Å². The molecule has 1 N–H and O–H groups in total. The van der Waals surface area contributed by atoms with Crippen molar-refractivity contribution in [1.29, 1.82) is 0 Å². The molecule has 0 aromatic heterocycles. The number of ether oxygens (including phenoxy) is 1. The average Bonchev–Trinajstić information content (AvgIpc) is 2.42. The molecule has 0 radical (unpaired) electrons. The zero-order valence-corrected chi connectivity index (χ0v) is 14.1. The fraction of sp³-hybridized carbons (Fsp3) is 0.438. The fourth-order valence-corrected chi connectivity index (χ4v) is 2.62. The molecule has 1 unspecified atom stereocenters. The number of para-hydroxylation sites is 1. The van der Waals surface area contributed by atoms with Crippen LogP contribution in [0.25, 0.3) is 0 Å². The number of anilines is 1. The van der Waals surface area contributed by atoms with E-state index in [1.54, 1.807) is 13.8 Å². The third kappa shape index (κ3) is 4.27. The van der Waals surface area contributed by atoms with Crippen molar-refractivity contribution in [2.24, 2.45) is 0 Å². The van der Waals surface area contributed by atoms with Crippen LogP contribution in [0.3, 0.4) is 0 Å². The van der Waals surface area contributed by atoms with Gasteiger partial charge in [-0.05, 0) is 38.8 Å². The molecular weight excluding hydrogens is 302 g/mol. The molecule has 0 saturated carbocycles. The van der Waals surface area contributed by atoms with Crippen molar-refractivity contribution in [2.75, 3.05) is 11.5 Å². The molecule has 6 heteroatoms. The molecular formula is C16H21NO4S. The van der Waals surface area contributed by atoms with Gasteiger partial charge in [-0.1, -0.05) is 30.4 Å². The summed E-state index contributed by atoms with van der Waals surface area (Å²) in [7, 11) is 0. The molecule has 1 rings (SSSR count). The largest absolute Gasteiger partial charge is 0.480 e. The summed E-state index contributed by atoms with van der Waals surface area (Å²) < 4.78 is 4.90. The molecule has 0 saturated heterocycles. The van der Waals surface area contributed by atoms with E-state index in [1.165, 1.54) is 4.90 Å². The Morgan fingerprint density at radius 1 is 1.32 bits per heavy atom. The molecule has 22 heavy (non-hydrogen) atoms. The number of esters is 1. The molecule has 0 aliphatic heterocycles. The SMILES string of the molecule is CCOC(=O)CC(=S)N(c1c(C)cccc1C)C(C)C(=O)O. The minimum absolute atomic E-state index is 0.117. The predicted molar refractivity (Wildman–Crippen MR) is 89.3 cm³/mol. The first-order valence-corrected chi connectivity index (χ1v) is 7.47. The molecule has 1 aromatic rings. The fourth-order valence-electron chi connectivity index (χ4n) is 2.25. The third-order valence-electron chi connectivity index (χ3n) is 3.29. The van der Waals surface area contributed by atoms with Gasteiger partial charge in [0.15, 0.2) is 0 Å². The molecule has 0 aliphatic carbocycles. The second-order valence-corrected chi connectivity index (χ2v) is 5.47. The van der Waals surface area contributed by atoms with E-state index in [2.05, 4.69) is 0 Å². The predicted octanol–water partition coefficient (Wildman–Crippen LogP) is 2.86. The lowest BCUT2D eigenvalue weighted by molar-refractivity contribution is -0.142. The van der Waals surface area contributed by atoms with Gasteiger partial charge in [0, 0.05) is 5.69 Å². The normalized spacial score (nSPS) is 11.6. The number of benzene rings is 1. The number of carbonyl (C=O) groups excluding carboxylic acids is 1. The van der Waals surface area contributed by atoms with Crippen LogP contribution < -0.4 is 4.90 Å². The highest BCUT2D eigenvalue weighted by Crippen LogP contribution is 2.28. The summed E-state index contributed by atoms with van der Waals surface area (Å²) in [4.78, 5) is 24.9. The zero-order valence-electron chi connectivity index (χ0n) is 13.3. The average molecular weight is 323 g/mol. The quantitative estimate of drug-likeness (QED) is 0.641. The van der Waals surface area contributed by atoms with Gasteiger partial charge in [-0.25, -0.2) is 4.79 Å². The number of carbonyl (C=O) groups is 2. The molecule has 1 atom stereocenters. The Labute approximate surface area is 135 Å². The number of hydrogen-bond acceptors (Lipinski definition) is 4. The van der Waals surface area contributed by atoms with Crippen LogP contribution in [0, 0.1) is 13.8 Å². The Hall–Kier alpha value is -1.95. The van der Waals surface area contributed by atoms with Gasteiger partial charge in [0.2, 0.25) is 0 Å². The van der Waals surface area contributed by atoms with Crippen LogP contribution in [0.15, 0.2) is 18.2 Å². The van der Waals surface area contributed by atoms with Gasteiger partial charge in [-0.2, -0.15) is 0 Å². The Kier molecular flexibility index (Phi) is 6.49. The summed E-state index contributed by atoms with van der Waals surface area (Å²) in [6.45, 7) is 7.29. The second kappa shape index (κ2) is 7.89. The first-order valence-electron chi connectivity index (χ1n) is 7.06. The van der Waals surface area contributed by atoms with Gasteiger partial charge in [-0.15, -0.1) is 0 Å². The van der Waals surface area contributed by atoms with Gasteiger partial charge >= 0.3 is 11.9 Å². The van der Waals surface area contributed by atoms with E-state index in [1.807, 2.05) is 32.0 Å². The van der Waals surface area contributed by atoms with E-state index in [-0.39, 0.29) is 18.0 Å². The second-order valence-electron chi connectivity index (χ2n) is 5.00.